The molecule has 0 aromatic carbocycles. The van der Waals surface area contributed by atoms with Crippen molar-refractivity contribution in [1.29, 1.82) is 0 Å². The first-order chi connectivity index (χ1) is 16.0. The van der Waals surface area contributed by atoms with Crippen molar-refractivity contribution in [2.24, 2.45) is 5.92 Å². The van der Waals surface area contributed by atoms with Crippen molar-refractivity contribution in [1.82, 2.24) is 20.2 Å². The molecule has 2 amide bonds. The highest BCUT2D eigenvalue weighted by atomic mass is 16.2. The largest absolute Gasteiger partial charge is 0.352 e. The van der Waals surface area contributed by atoms with Crippen molar-refractivity contribution in [2.45, 2.75) is 58.0 Å². The van der Waals surface area contributed by atoms with E-state index in [9.17, 15) is 9.59 Å². The number of aromatic nitrogens is 2. The molecular formula is C25H32N6O2. The van der Waals surface area contributed by atoms with Crippen molar-refractivity contribution < 1.29 is 9.59 Å². The molecule has 3 fully saturated rings. The third-order valence-electron chi connectivity index (χ3n) is 6.98. The van der Waals surface area contributed by atoms with Crippen molar-refractivity contribution in [3.8, 4) is 0 Å². The maximum Gasteiger partial charge on any atom is 0.251 e. The zero-order valence-corrected chi connectivity index (χ0v) is 19.4. The van der Waals surface area contributed by atoms with Gasteiger partial charge in [0.15, 0.2) is 0 Å². The zero-order chi connectivity index (χ0) is 22.9. The summed E-state index contributed by atoms with van der Waals surface area (Å²) in [7, 11) is 0. The zero-order valence-electron chi connectivity index (χ0n) is 19.4. The fourth-order valence-corrected chi connectivity index (χ4v) is 5.08. The molecule has 5 rings (SSSR count). The fraction of sp³-hybridized carbons (Fsp3) is 0.520. The number of likely N-dealkylation sites (N-methyl/N-ethyl adjacent to an activating group) is 1. The van der Waals surface area contributed by atoms with Gasteiger partial charge in [0.2, 0.25) is 11.9 Å². The highest BCUT2D eigenvalue weighted by Crippen LogP contribution is 2.38. The van der Waals surface area contributed by atoms with Gasteiger partial charge in [0.05, 0.1) is 0 Å². The number of piperazine rings is 1. The quantitative estimate of drug-likeness (QED) is 0.696. The summed E-state index contributed by atoms with van der Waals surface area (Å²) in [6, 6.07) is 2.52. The first-order valence-corrected chi connectivity index (χ1v) is 12.1. The fourth-order valence-electron chi connectivity index (χ4n) is 5.08. The van der Waals surface area contributed by atoms with Crippen LogP contribution in [0.4, 0.5) is 11.8 Å². The Morgan fingerprint density at radius 2 is 1.88 bits per heavy atom. The summed E-state index contributed by atoms with van der Waals surface area (Å²) in [4.78, 5) is 38.7. The average molecular weight is 449 g/mol. The third kappa shape index (κ3) is 4.51. The van der Waals surface area contributed by atoms with E-state index in [0.29, 0.717) is 30.4 Å². The molecule has 2 N–H and O–H groups in total. The van der Waals surface area contributed by atoms with Crippen LogP contribution in [0.3, 0.4) is 0 Å². The van der Waals surface area contributed by atoms with Crippen LogP contribution in [-0.2, 0) is 9.59 Å². The molecule has 2 aliphatic heterocycles. The second kappa shape index (κ2) is 9.00. The highest BCUT2D eigenvalue weighted by Gasteiger charge is 2.46. The van der Waals surface area contributed by atoms with Crippen LogP contribution in [0, 0.1) is 5.92 Å². The molecule has 3 heterocycles. The topological polar surface area (TPSA) is 90.5 Å². The van der Waals surface area contributed by atoms with Gasteiger partial charge in [-0.1, -0.05) is 11.6 Å². The molecule has 0 radical (unpaired) electrons. The van der Waals surface area contributed by atoms with E-state index in [0.717, 1.165) is 55.9 Å². The van der Waals surface area contributed by atoms with E-state index in [1.54, 1.807) is 6.20 Å². The molecule has 33 heavy (non-hydrogen) atoms. The molecule has 2 bridgehead atoms. The predicted octanol–water partition coefficient (Wildman–Crippen LogP) is 2.77. The number of nitrogens with one attached hydrogen (secondary N) is 2. The van der Waals surface area contributed by atoms with Crippen LogP contribution in [0.15, 0.2) is 47.3 Å². The molecular weight excluding hydrogens is 416 g/mol. The van der Waals surface area contributed by atoms with E-state index in [1.807, 2.05) is 32.1 Å². The normalized spacial score (nSPS) is 24.5. The summed E-state index contributed by atoms with van der Waals surface area (Å²) in [6.07, 6.45) is 12.5. The van der Waals surface area contributed by atoms with Gasteiger partial charge in [-0.15, -0.1) is 0 Å². The number of rotatable bonds is 6. The number of allylic oxidation sites excluding steroid dienone is 3. The van der Waals surface area contributed by atoms with Crippen LogP contribution < -0.4 is 15.5 Å². The summed E-state index contributed by atoms with van der Waals surface area (Å²) in [5, 5.41) is 6.17. The lowest BCUT2D eigenvalue weighted by Gasteiger charge is -2.41. The summed E-state index contributed by atoms with van der Waals surface area (Å²) < 4.78 is 0. The van der Waals surface area contributed by atoms with Gasteiger partial charge in [-0.2, -0.15) is 4.98 Å². The van der Waals surface area contributed by atoms with Crippen LogP contribution in [0.5, 0.6) is 0 Å². The van der Waals surface area contributed by atoms with Crippen LogP contribution in [-0.4, -0.2) is 58.4 Å². The summed E-state index contributed by atoms with van der Waals surface area (Å²) in [5.74, 6) is 2.02. The Labute approximate surface area is 194 Å². The van der Waals surface area contributed by atoms with Gasteiger partial charge < -0.3 is 20.4 Å². The standard InChI is InChI=1S/C25H32N6O2/c1-3-26-23(32)21-11-8-18(7-4-16(21)2)28-25-27-13-12-22(29-25)30-14-19-9-10-20(15-30)31(19)24(33)17-5-6-17/h7-8,11-13,17,19-20H,3-6,9-10,14-15H2,1-2H3,(H,26,32)(H,27,28,29). The minimum absolute atomic E-state index is 0.0481. The number of anilines is 2. The number of amides is 2. The van der Waals surface area contributed by atoms with Gasteiger partial charge in [0.1, 0.15) is 5.82 Å². The van der Waals surface area contributed by atoms with Crippen molar-refractivity contribution >= 4 is 23.6 Å². The van der Waals surface area contributed by atoms with Gasteiger partial charge in [0, 0.05) is 55.1 Å². The first-order valence-electron chi connectivity index (χ1n) is 12.1. The van der Waals surface area contributed by atoms with Crippen molar-refractivity contribution in [2.75, 3.05) is 29.9 Å². The predicted molar refractivity (Wildman–Crippen MR) is 127 cm³/mol. The van der Waals surface area contributed by atoms with Gasteiger partial charge in [-0.3, -0.25) is 9.59 Å². The number of hydrogen-bond donors (Lipinski definition) is 2. The Kier molecular flexibility index (Phi) is 5.91. The molecule has 1 saturated carbocycles. The van der Waals surface area contributed by atoms with Crippen LogP contribution >= 0.6 is 0 Å². The van der Waals surface area contributed by atoms with E-state index in [2.05, 4.69) is 31.5 Å². The molecule has 2 unspecified atom stereocenters. The Balaban J connectivity index is 1.26. The summed E-state index contributed by atoms with van der Waals surface area (Å²) in [5.41, 5.74) is 2.59. The van der Waals surface area contributed by atoms with Gasteiger partial charge >= 0.3 is 0 Å². The SMILES string of the molecule is CCNC(=O)C1=C(C)CC=C(Nc2nccc(N3CC4CCC(C3)N4C(=O)C3CC3)n2)C=C1. The maximum atomic E-state index is 12.7. The molecule has 0 spiro atoms. The van der Waals surface area contributed by atoms with Crippen molar-refractivity contribution in [3.05, 3.63) is 47.3 Å². The van der Waals surface area contributed by atoms with E-state index in [4.69, 9.17) is 4.98 Å². The molecule has 2 saturated heterocycles. The number of carbonyl (C=O) groups is 2. The molecule has 8 nitrogen and oxygen atoms in total. The van der Waals surface area contributed by atoms with Gasteiger partial charge in [-0.25, -0.2) is 4.98 Å². The lowest BCUT2D eigenvalue weighted by molar-refractivity contribution is -0.136. The molecule has 1 aromatic rings. The summed E-state index contributed by atoms with van der Waals surface area (Å²) in [6.45, 7) is 6.15. The number of fused-ring (bicyclic) bond motifs is 2. The first kappa shape index (κ1) is 21.7. The lowest BCUT2D eigenvalue weighted by Crippen LogP contribution is -2.56. The Morgan fingerprint density at radius 3 is 2.58 bits per heavy atom. The average Bonchev–Trinajstić information content (AvgIpc) is 3.63. The van der Waals surface area contributed by atoms with Crippen LogP contribution in [0.25, 0.3) is 0 Å². The summed E-state index contributed by atoms with van der Waals surface area (Å²) >= 11 is 0. The maximum absolute atomic E-state index is 12.7. The molecule has 174 valence electrons. The number of carbonyl (C=O) groups excluding carboxylic acids is 2. The molecule has 4 aliphatic rings. The van der Waals surface area contributed by atoms with E-state index < -0.39 is 0 Å². The van der Waals surface area contributed by atoms with E-state index in [-0.39, 0.29) is 23.9 Å². The molecule has 2 atom stereocenters. The van der Waals surface area contributed by atoms with Gasteiger partial charge in [0.25, 0.3) is 5.91 Å². The van der Waals surface area contributed by atoms with Crippen LogP contribution in [0.1, 0.15) is 46.0 Å². The number of hydrogen-bond acceptors (Lipinski definition) is 6. The van der Waals surface area contributed by atoms with E-state index in [1.165, 1.54) is 0 Å². The highest BCUT2D eigenvalue weighted by molar-refractivity contribution is 5.97. The van der Waals surface area contributed by atoms with E-state index >= 15 is 0 Å². The second-order valence-corrected chi connectivity index (χ2v) is 9.42. The minimum Gasteiger partial charge on any atom is -0.352 e. The Hall–Kier alpha value is -3.16. The number of nitrogens with zero attached hydrogens (tertiary/aromatic N) is 4. The second-order valence-electron chi connectivity index (χ2n) is 9.42. The minimum atomic E-state index is -0.0481. The lowest BCUT2D eigenvalue weighted by atomic mass is 10.1. The smallest absolute Gasteiger partial charge is 0.251 e. The van der Waals surface area contributed by atoms with Gasteiger partial charge in [-0.05, 0) is 64.2 Å². The Bertz CT molecular complexity index is 1030. The third-order valence-corrected chi connectivity index (χ3v) is 6.98. The molecule has 1 aromatic heterocycles. The van der Waals surface area contributed by atoms with Crippen molar-refractivity contribution in [3.63, 3.8) is 0 Å². The monoisotopic (exact) mass is 448 g/mol. The Morgan fingerprint density at radius 1 is 1.12 bits per heavy atom. The molecule has 8 heteroatoms. The molecule has 2 aliphatic carbocycles. The van der Waals surface area contributed by atoms with Crippen LogP contribution in [0.2, 0.25) is 0 Å².